The molecule has 0 amide bonds. The Morgan fingerprint density at radius 2 is 1.62 bits per heavy atom. The van der Waals surface area contributed by atoms with Gasteiger partial charge < -0.3 is 9.73 Å². The van der Waals surface area contributed by atoms with Gasteiger partial charge in [0.25, 0.3) is 0 Å². The van der Waals surface area contributed by atoms with Crippen molar-refractivity contribution in [3.8, 4) is 0 Å². The van der Waals surface area contributed by atoms with E-state index in [1.807, 2.05) is 60.7 Å². The van der Waals surface area contributed by atoms with Crippen LogP contribution >= 0.6 is 11.6 Å². The first-order valence-corrected chi connectivity index (χ1v) is 9.66. The predicted molar refractivity (Wildman–Crippen MR) is 119 cm³/mol. The molecule has 0 spiro atoms. The van der Waals surface area contributed by atoms with Gasteiger partial charge in [-0.2, -0.15) is 0 Å². The molecule has 144 valence electrons. The third kappa shape index (κ3) is 4.55. The highest BCUT2D eigenvalue weighted by atomic mass is 35.5. The lowest BCUT2D eigenvalue weighted by Gasteiger charge is -2.10. The van der Waals surface area contributed by atoms with Crippen LogP contribution in [-0.2, 0) is 13.1 Å². The van der Waals surface area contributed by atoms with Crippen molar-refractivity contribution in [1.29, 1.82) is 0 Å². The monoisotopic (exact) mass is 402 g/mol. The lowest BCUT2D eigenvalue weighted by atomic mass is 10.1. The fourth-order valence-electron chi connectivity index (χ4n) is 3.03. The average Bonchev–Trinajstić information content (AvgIpc) is 2.76. The summed E-state index contributed by atoms with van der Waals surface area (Å²) in [5.41, 5.74) is 2.84. The van der Waals surface area contributed by atoms with E-state index in [4.69, 9.17) is 16.0 Å². The Hall–Kier alpha value is -3.37. The van der Waals surface area contributed by atoms with E-state index in [2.05, 4.69) is 10.3 Å². The molecule has 0 aliphatic rings. The molecule has 0 radical (unpaired) electrons. The summed E-state index contributed by atoms with van der Waals surface area (Å²) in [5.74, 6) is 0.394. The largest absolute Gasteiger partial charge is 0.440 e. The molecule has 0 unspecified atom stereocenters. The quantitative estimate of drug-likeness (QED) is 0.422. The first-order chi connectivity index (χ1) is 14.2. The highest BCUT2D eigenvalue weighted by molar-refractivity contribution is 6.31. The number of anilines is 1. The maximum Gasteiger partial charge on any atom is 0.206 e. The van der Waals surface area contributed by atoms with Crippen LogP contribution in [0.25, 0.3) is 11.0 Å². The Morgan fingerprint density at radius 1 is 0.931 bits per heavy atom. The zero-order valence-corrected chi connectivity index (χ0v) is 16.4. The second-order valence-corrected chi connectivity index (χ2v) is 7.05. The molecule has 1 aromatic heterocycles. The maximum atomic E-state index is 13.1. The van der Waals surface area contributed by atoms with Gasteiger partial charge in [-0.25, -0.2) is 0 Å². The SMILES string of the molecule is O=c1c(C=NCc2ccccc2)c(NCc2ccccc2)oc2ccc(Cl)cc12. The molecule has 0 aliphatic heterocycles. The molecule has 4 nitrogen and oxygen atoms in total. The van der Waals surface area contributed by atoms with Gasteiger partial charge in [0.2, 0.25) is 11.3 Å². The standard InChI is InChI=1S/C24H19ClN2O2/c25-19-11-12-22-20(13-19)23(28)21(16-26-14-17-7-3-1-4-8-17)24(29-22)27-15-18-9-5-2-6-10-18/h1-13,16,27H,14-15H2. The summed E-state index contributed by atoms with van der Waals surface area (Å²) < 4.78 is 5.99. The molecule has 4 aromatic rings. The third-order valence-electron chi connectivity index (χ3n) is 4.52. The van der Waals surface area contributed by atoms with Crippen LogP contribution in [0.3, 0.4) is 0 Å². The zero-order valence-electron chi connectivity index (χ0n) is 15.6. The molecule has 0 atom stereocenters. The van der Waals surface area contributed by atoms with Crippen LogP contribution in [0.15, 0.2) is 93.1 Å². The highest BCUT2D eigenvalue weighted by Gasteiger charge is 2.13. The molecule has 5 heteroatoms. The van der Waals surface area contributed by atoms with Gasteiger partial charge in [0.1, 0.15) is 11.1 Å². The van der Waals surface area contributed by atoms with Crippen molar-refractivity contribution in [1.82, 2.24) is 0 Å². The molecule has 1 heterocycles. The number of hydrogen-bond donors (Lipinski definition) is 1. The van der Waals surface area contributed by atoms with Gasteiger partial charge >= 0.3 is 0 Å². The lowest BCUT2D eigenvalue weighted by molar-refractivity contribution is 0.613. The first kappa shape index (κ1) is 19.0. The van der Waals surface area contributed by atoms with Gasteiger partial charge in [0, 0.05) is 17.8 Å². The summed E-state index contributed by atoms with van der Waals surface area (Å²) in [6, 6.07) is 24.8. The van der Waals surface area contributed by atoms with Gasteiger partial charge in [-0.3, -0.25) is 9.79 Å². The Morgan fingerprint density at radius 3 is 2.34 bits per heavy atom. The van der Waals surface area contributed by atoms with Crippen LogP contribution < -0.4 is 10.7 Å². The summed E-state index contributed by atoms with van der Waals surface area (Å²) in [6.45, 7) is 1.01. The van der Waals surface area contributed by atoms with E-state index in [-0.39, 0.29) is 5.43 Å². The van der Waals surface area contributed by atoms with Crippen molar-refractivity contribution in [2.45, 2.75) is 13.1 Å². The Kier molecular flexibility index (Phi) is 5.73. The Bertz CT molecular complexity index is 1200. The third-order valence-corrected chi connectivity index (χ3v) is 4.76. The van der Waals surface area contributed by atoms with Gasteiger partial charge in [-0.15, -0.1) is 0 Å². The van der Waals surface area contributed by atoms with Crippen LogP contribution in [0.4, 0.5) is 5.88 Å². The molecule has 29 heavy (non-hydrogen) atoms. The summed E-state index contributed by atoms with van der Waals surface area (Å²) >= 11 is 6.08. The van der Waals surface area contributed by atoms with Crippen LogP contribution in [-0.4, -0.2) is 6.21 Å². The molecule has 0 aliphatic carbocycles. The topological polar surface area (TPSA) is 54.6 Å². The van der Waals surface area contributed by atoms with Gasteiger partial charge in [-0.1, -0.05) is 72.3 Å². The van der Waals surface area contributed by atoms with Crippen LogP contribution in [0, 0.1) is 0 Å². The van der Waals surface area contributed by atoms with Crippen molar-refractivity contribution in [2.24, 2.45) is 4.99 Å². The van der Waals surface area contributed by atoms with Gasteiger partial charge in [0.15, 0.2) is 0 Å². The van der Waals surface area contributed by atoms with Crippen molar-refractivity contribution < 1.29 is 4.42 Å². The number of rotatable bonds is 6. The van der Waals surface area contributed by atoms with E-state index in [1.165, 1.54) is 0 Å². The summed E-state index contributed by atoms with van der Waals surface area (Å²) in [6.07, 6.45) is 1.58. The van der Waals surface area contributed by atoms with Crippen LogP contribution in [0.5, 0.6) is 0 Å². The van der Waals surface area contributed by atoms with Crippen molar-refractivity contribution >= 4 is 34.7 Å². The Balaban J connectivity index is 1.70. The first-order valence-electron chi connectivity index (χ1n) is 9.28. The van der Waals surface area contributed by atoms with E-state index in [0.29, 0.717) is 40.5 Å². The second kappa shape index (κ2) is 8.76. The number of nitrogens with one attached hydrogen (secondary N) is 1. The number of benzene rings is 3. The van der Waals surface area contributed by atoms with Crippen LogP contribution in [0.1, 0.15) is 16.7 Å². The van der Waals surface area contributed by atoms with E-state index in [9.17, 15) is 4.79 Å². The lowest BCUT2D eigenvalue weighted by Crippen LogP contribution is -2.13. The van der Waals surface area contributed by atoms with E-state index in [1.54, 1.807) is 24.4 Å². The molecule has 4 rings (SSSR count). The molecular weight excluding hydrogens is 384 g/mol. The number of hydrogen-bond acceptors (Lipinski definition) is 4. The molecule has 3 aromatic carbocycles. The minimum absolute atomic E-state index is 0.166. The fourth-order valence-corrected chi connectivity index (χ4v) is 3.21. The minimum atomic E-state index is -0.166. The molecule has 0 saturated heterocycles. The summed E-state index contributed by atoms with van der Waals surface area (Å²) in [5, 5.41) is 4.16. The van der Waals surface area contributed by atoms with Gasteiger partial charge in [-0.05, 0) is 29.3 Å². The average molecular weight is 403 g/mol. The second-order valence-electron chi connectivity index (χ2n) is 6.61. The van der Waals surface area contributed by atoms with Crippen molar-refractivity contribution in [3.05, 3.63) is 111 Å². The Labute approximate surface area is 173 Å². The minimum Gasteiger partial charge on any atom is -0.440 e. The number of aliphatic imine (C=N–C) groups is 1. The van der Waals surface area contributed by atoms with E-state index >= 15 is 0 Å². The van der Waals surface area contributed by atoms with E-state index < -0.39 is 0 Å². The molecule has 0 bridgehead atoms. The molecular formula is C24H19ClN2O2. The fraction of sp³-hybridized carbons (Fsp3) is 0.0833. The zero-order chi connectivity index (χ0) is 20.1. The van der Waals surface area contributed by atoms with Crippen molar-refractivity contribution in [2.75, 3.05) is 5.32 Å². The smallest absolute Gasteiger partial charge is 0.206 e. The number of fused-ring (bicyclic) bond motifs is 1. The highest BCUT2D eigenvalue weighted by Crippen LogP contribution is 2.22. The summed E-state index contributed by atoms with van der Waals surface area (Å²) in [4.78, 5) is 17.6. The summed E-state index contributed by atoms with van der Waals surface area (Å²) in [7, 11) is 0. The number of halogens is 1. The molecule has 1 N–H and O–H groups in total. The van der Waals surface area contributed by atoms with Crippen molar-refractivity contribution in [3.63, 3.8) is 0 Å². The molecule has 0 fully saturated rings. The van der Waals surface area contributed by atoms with Crippen LogP contribution in [0.2, 0.25) is 5.02 Å². The molecule has 0 saturated carbocycles. The maximum absolute atomic E-state index is 13.1. The number of nitrogens with zero attached hydrogens (tertiary/aromatic N) is 1. The normalized spacial score (nSPS) is 11.2. The van der Waals surface area contributed by atoms with E-state index in [0.717, 1.165) is 11.1 Å². The van der Waals surface area contributed by atoms with Gasteiger partial charge in [0.05, 0.1) is 11.9 Å². The predicted octanol–water partition coefficient (Wildman–Crippen LogP) is 5.68.